The number of nitriles is 1. The van der Waals surface area contributed by atoms with Crippen LogP contribution in [-0.4, -0.2) is 42.4 Å². The second-order valence-electron chi connectivity index (χ2n) is 8.02. The molecule has 32 heavy (non-hydrogen) atoms. The third kappa shape index (κ3) is 5.32. The van der Waals surface area contributed by atoms with Gasteiger partial charge in [0.25, 0.3) is 0 Å². The molecular formula is C27H29N3OS. The summed E-state index contributed by atoms with van der Waals surface area (Å²) in [5.41, 5.74) is 4.33. The van der Waals surface area contributed by atoms with E-state index in [0.717, 1.165) is 45.5 Å². The maximum Gasteiger partial charge on any atom is 0.126 e. The van der Waals surface area contributed by atoms with E-state index in [0.29, 0.717) is 5.56 Å². The number of thioether (sulfide) groups is 1. The summed E-state index contributed by atoms with van der Waals surface area (Å²) in [6.45, 7) is 3.38. The summed E-state index contributed by atoms with van der Waals surface area (Å²) >= 11 is 1.69. The van der Waals surface area contributed by atoms with Crippen LogP contribution in [0.25, 0.3) is 22.4 Å². The predicted molar refractivity (Wildman–Crippen MR) is 132 cm³/mol. The van der Waals surface area contributed by atoms with Crippen LogP contribution in [0.15, 0.2) is 65.7 Å². The molecule has 0 radical (unpaired) electrons. The zero-order valence-electron chi connectivity index (χ0n) is 18.6. The van der Waals surface area contributed by atoms with Crippen LogP contribution in [-0.2, 0) is 0 Å². The van der Waals surface area contributed by atoms with Crippen LogP contribution in [0, 0.1) is 11.3 Å². The number of aromatic nitrogens is 1. The van der Waals surface area contributed by atoms with Gasteiger partial charge in [0.15, 0.2) is 0 Å². The molecule has 0 saturated carbocycles. The highest BCUT2D eigenvalue weighted by molar-refractivity contribution is 7.99. The van der Waals surface area contributed by atoms with Gasteiger partial charge < -0.3 is 9.64 Å². The van der Waals surface area contributed by atoms with Crippen LogP contribution in [0.1, 0.15) is 31.2 Å². The molecule has 1 saturated heterocycles. The van der Waals surface area contributed by atoms with Crippen molar-refractivity contribution in [1.29, 1.82) is 5.26 Å². The number of hydrogen-bond acceptors (Lipinski definition) is 5. The quantitative estimate of drug-likeness (QED) is 0.403. The number of ether oxygens (including phenoxy) is 1. The predicted octanol–water partition coefficient (Wildman–Crippen LogP) is 6.26. The lowest BCUT2D eigenvalue weighted by atomic mass is 9.98. The van der Waals surface area contributed by atoms with Gasteiger partial charge in [0.2, 0.25) is 0 Å². The van der Waals surface area contributed by atoms with E-state index < -0.39 is 0 Å². The van der Waals surface area contributed by atoms with Crippen LogP contribution in [0.2, 0.25) is 0 Å². The number of nitrogens with zero attached hydrogens (tertiary/aromatic N) is 3. The minimum absolute atomic E-state index is 0.620. The molecule has 164 valence electrons. The number of likely N-dealkylation sites (tertiary alicyclic amines) is 1. The lowest BCUT2D eigenvalue weighted by Gasteiger charge is -2.19. The molecule has 0 spiro atoms. The average Bonchev–Trinajstić information content (AvgIpc) is 3.13. The van der Waals surface area contributed by atoms with E-state index >= 15 is 0 Å². The van der Waals surface area contributed by atoms with Crippen molar-refractivity contribution < 1.29 is 4.74 Å². The third-order valence-corrected chi connectivity index (χ3v) is 6.87. The molecule has 0 bridgehead atoms. The Morgan fingerprint density at radius 2 is 1.69 bits per heavy atom. The van der Waals surface area contributed by atoms with Crippen molar-refractivity contribution in [3.8, 4) is 34.2 Å². The van der Waals surface area contributed by atoms with Crippen LogP contribution in [0.4, 0.5) is 0 Å². The standard InChI is InChI=1S/C27H29N3OS/c1-31-26-14-8-7-13-22(26)23-19-25(21-11-5-4-6-12-21)29-27(24(23)20-28)32-18-17-30-15-9-2-3-10-16-30/h4-8,11-14,19H,2-3,9-10,15-18H2,1H3. The number of hydrogen-bond donors (Lipinski definition) is 0. The first-order valence-corrected chi connectivity index (χ1v) is 12.3. The number of benzene rings is 2. The number of para-hydroxylation sites is 1. The van der Waals surface area contributed by atoms with Crippen molar-refractivity contribution in [2.75, 3.05) is 32.5 Å². The summed E-state index contributed by atoms with van der Waals surface area (Å²) in [5.74, 6) is 1.68. The number of pyridine rings is 1. The minimum Gasteiger partial charge on any atom is -0.496 e. The molecule has 1 aliphatic rings. The van der Waals surface area contributed by atoms with E-state index in [-0.39, 0.29) is 0 Å². The SMILES string of the molecule is COc1ccccc1-c1cc(-c2ccccc2)nc(SCCN2CCCCCC2)c1C#N. The maximum absolute atomic E-state index is 10.1. The van der Waals surface area contributed by atoms with Gasteiger partial charge in [-0.05, 0) is 38.1 Å². The van der Waals surface area contributed by atoms with E-state index in [1.807, 2.05) is 48.5 Å². The van der Waals surface area contributed by atoms with E-state index in [9.17, 15) is 5.26 Å². The van der Waals surface area contributed by atoms with Gasteiger partial charge in [0.1, 0.15) is 16.8 Å². The van der Waals surface area contributed by atoms with E-state index in [4.69, 9.17) is 9.72 Å². The maximum atomic E-state index is 10.1. The van der Waals surface area contributed by atoms with Crippen LogP contribution >= 0.6 is 11.8 Å². The summed E-state index contributed by atoms with van der Waals surface area (Å²) in [6, 6.07) is 22.5. The topological polar surface area (TPSA) is 49.1 Å². The van der Waals surface area contributed by atoms with E-state index in [2.05, 4.69) is 23.1 Å². The molecule has 0 aliphatic carbocycles. The van der Waals surface area contributed by atoms with Crippen molar-refractivity contribution in [1.82, 2.24) is 9.88 Å². The van der Waals surface area contributed by atoms with Gasteiger partial charge >= 0.3 is 0 Å². The highest BCUT2D eigenvalue weighted by Gasteiger charge is 2.18. The van der Waals surface area contributed by atoms with Gasteiger partial charge in [-0.2, -0.15) is 5.26 Å². The molecule has 0 amide bonds. The summed E-state index contributed by atoms with van der Waals surface area (Å²) < 4.78 is 5.61. The molecule has 5 heteroatoms. The minimum atomic E-state index is 0.620. The second kappa shape index (κ2) is 11.2. The summed E-state index contributed by atoms with van der Waals surface area (Å²) in [5, 5.41) is 10.9. The van der Waals surface area contributed by atoms with E-state index in [1.54, 1.807) is 18.9 Å². The first-order chi connectivity index (χ1) is 15.8. The highest BCUT2D eigenvalue weighted by Crippen LogP contribution is 2.38. The Kier molecular flexibility index (Phi) is 7.82. The molecule has 2 heterocycles. The van der Waals surface area contributed by atoms with Gasteiger partial charge in [0.05, 0.1) is 18.4 Å². The molecule has 3 aromatic rings. The molecule has 1 aliphatic heterocycles. The Morgan fingerprint density at radius 3 is 2.41 bits per heavy atom. The zero-order valence-corrected chi connectivity index (χ0v) is 19.4. The Balaban J connectivity index is 1.70. The average molecular weight is 444 g/mol. The van der Waals surface area contributed by atoms with Crippen LogP contribution in [0.5, 0.6) is 5.75 Å². The van der Waals surface area contributed by atoms with Gasteiger partial charge in [-0.15, -0.1) is 11.8 Å². The van der Waals surface area contributed by atoms with Crippen molar-refractivity contribution in [3.63, 3.8) is 0 Å². The van der Waals surface area contributed by atoms with Crippen molar-refractivity contribution in [2.45, 2.75) is 30.7 Å². The molecule has 0 atom stereocenters. The Hall–Kier alpha value is -2.81. The third-order valence-electron chi connectivity index (χ3n) is 5.91. The van der Waals surface area contributed by atoms with Gasteiger partial charge in [-0.1, -0.05) is 61.4 Å². The zero-order chi connectivity index (χ0) is 22.2. The molecule has 4 rings (SSSR count). The fourth-order valence-electron chi connectivity index (χ4n) is 4.20. The van der Waals surface area contributed by atoms with Crippen molar-refractivity contribution in [2.24, 2.45) is 0 Å². The molecule has 0 N–H and O–H groups in total. The fourth-order valence-corrected chi connectivity index (χ4v) is 5.21. The highest BCUT2D eigenvalue weighted by atomic mass is 32.2. The molecule has 1 aromatic heterocycles. The summed E-state index contributed by atoms with van der Waals surface area (Å²) in [7, 11) is 1.67. The van der Waals surface area contributed by atoms with Crippen LogP contribution < -0.4 is 4.74 Å². The largest absolute Gasteiger partial charge is 0.496 e. The molecular weight excluding hydrogens is 414 g/mol. The normalized spacial score (nSPS) is 14.5. The lowest BCUT2D eigenvalue weighted by molar-refractivity contribution is 0.303. The van der Waals surface area contributed by atoms with Gasteiger partial charge in [0, 0.05) is 29.0 Å². The van der Waals surface area contributed by atoms with Crippen LogP contribution in [0.3, 0.4) is 0 Å². The van der Waals surface area contributed by atoms with Crippen molar-refractivity contribution in [3.05, 3.63) is 66.2 Å². The fraction of sp³-hybridized carbons (Fsp3) is 0.333. The monoisotopic (exact) mass is 443 g/mol. The molecule has 4 nitrogen and oxygen atoms in total. The number of rotatable bonds is 7. The molecule has 1 fully saturated rings. The Bertz CT molecular complexity index is 1070. The Morgan fingerprint density at radius 1 is 0.969 bits per heavy atom. The van der Waals surface area contributed by atoms with Gasteiger partial charge in [-0.25, -0.2) is 4.98 Å². The van der Waals surface area contributed by atoms with E-state index in [1.165, 1.54) is 38.8 Å². The molecule has 0 unspecified atom stereocenters. The van der Waals surface area contributed by atoms with Crippen molar-refractivity contribution >= 4 is 11.8 Å². The lowest BCUT2D eigenvalue weighted by Crippen LogP contribution is -2.27. The Labute approximate surface area is 195 Å². The molecule has 2 aromatic carbocycles. The van der Waals surface area contributed by atoms with Gasteiger partial charge in [-0.3, -0.25) is 0 Å². The first-order valence-electron chi connectivity index (χ1n) is 11.3. The summed E-state index contributed by atoms with van der Waals surface area (Å²) in [6.07, 6.45) is 5.25. The number of methoxy groups -OCH3 is 1. The smallest absolute Gasteiger partial charge is 0.126 e. The first kappa shape index (κ1) is 22.4. The summed E-state index contributed by atoms with van der Waals surface area (Å²) in [4.78, 5) is 7.49. The second-order valence-corrected chi connectivity index (χ2v) is 9.10.